The molecule has 2 radical (unpaired) electrons. The van der Waals surface area contributed by atoms with Crippen LogP contribution in [0, 0.1) is 0 Å². The maximum atomic E-state index is 13.9. The Morgan fingerprint density at radius 2 is 0.553 bits per heavy atom. The highest BCUT2D eigenvalue weighted by Crippen LogP contribution is 2.61. The molecular formula is C18H22F18Si2. The van der Waals surface area contributed by atoms with E-state index in [9.17, 15) is 79.0 Å². The van der Waals surface area contributed by atoms with E-state index in [0.717, 1.165) is 13.1 Å². The normalized spacial score (nSPS) is 15.6. The summed E-state index contributed by atoms with van der Waals surface area (Å²) in [4.78, 5) is 0. The predicted molar refractivity (Wildman–Crippen MR) is 103 cm³/mol. The van der Waals surface area contributed by atoms with Gasteiger partial charge in [-0.1, -0.05) is 37.3 Å². The van der Waals surface area contributed by atoms with Gasteiger partial charge in [-0.2, -0.15) is 79.0 Å². The quantitative estimate of drug-likeness (QED) is 0.124. The molecule has 0 N–H and O–H groups in total. The summed E-state index contributed by atoms with van der Waals surface area (Å²) in [5.41, 5.74) is 0. The SMILES string of the molecule is C[Si](CCC(F)(F)F)CCC(F)(F)C(F)(F)C(F)(F)C(F)(F)C(F)(F)C(F)(F)CC[Si](C)CCC(F)(F)F. The second kappa shape index (κ2) is 12.0. The Morgan fingerprint density at radius 1 is 0.342 bits per heavy atom. The number of alkyl halides is 18. The van der Waals surface area contributed by atoms with Gasteiger partial charge >= 0.3 is 47.9 Å². The number of halogens is 18. The van der Waals surface area contributed by atoms with Crippen LogP contribution in [0.5, 0.6) is 0 Å². The average molecular weight is 637 g/mol. The van der Waals surface area contributed by atoms with Crippen molar-refractivity contribution in [3.63, 3.8) is 0 Å². The van der Waals surface area contributed by atoms with E-state index in [-0.39, 0.29) is 0 Å². The Balaban J connectivity index is 5.76. The molecule has 0 aliphatic rings. The number of hydrogen-bond acceptors (Lipinski definition) is 0. The van der Waals surface area contributed by atoms with Crippen molar-refractivity contribution in [1.29, 1.82) is 0 Å². The summed E-state index contributed by atoms with van der Waals surface area (Å²) < 4.78 is 240. The Labute approximate surface area is 208 Å². The molecule has 38 heavy (non-hydrogen) atoms. The smallest absolute Gasteiger partial charge is 0.200 e. The van der Waals surface area contributed by atoms with E-state index in [1.165, 1.54) is 0 Å². The Hall–Kier alpha value is -0.826. The highest BCUT2D eigenvalue weighted by atomic mass is 28.3. The van der Waals surface area contributed by atoms with Crippen LogP contribution in [0.4, 0.5) is 79.0 Å². The van der Waals surface area contributed by atoms with Crippen LogP contribution in [0.1, 0.15) is 25.7 Å². The fourth-order valence-corrected chi connectivity index (χ4v) is 6.27. The molecule has 0 amide bonds. The lowest BCUT2D eigenvalue weighted by molar-refractivity contribution is -0.425. The summed E-state index contributed by atoms with van der Waals surface area (Å²) in [6, 6.07) is -4.29. The summed E-state index contributed by atoms with van der Waals surface area (Å²) in [6.45, 7) is 1.79. The highest BCUT2D eigenvalue weighted by molar-refractivity contribution is 6.57. The van der Waals surface area contributed by atoms with Crippen molar-refractivity contribution >= 4 is 17.6 Å². The van der Waals surface area contributed by atoms with Crippen molar-refractivity contribution in [2.24, 2.45) is 0 Å². The van der Waals surface area contributed by atoms with E-state index >= 15 is 0 Å². The molecule has 0 atom stereocenters. The molecule has 0 saturated carbocycles. The maximum Gasteiger partial charge on any atom is 0.388 e. The molecule has 0 nitrogen and oxygen atoms in total. The molecule has 0 heterocycles. The van der Waals surface area contributed by atoms with E-state index < -0.39 is 115 Å². The summed E-state index contributed by atoms with van der Waals surface area (Å²) >= 11 is 0. The van der Waals surface area contributed by atoms with Crippen LogP contribution < -0.4 is 0 Å². The molecule has 0 aromatic rings. The molecule has 0 saturated heterocycles. The minimum absolute atomic E-state index is 0.865. The first-order valence-electron chi connectivity index (χ1n) is 10.5. The fourth-order valence-electron chi connectivity index (χ4n) is 2.87. The van der Waals surface area contributed by atoms with E-state index in [1.54, 1.807) is 0 Å². The van der Waals surface area contributed by atoms with Crippen LogP contribution in [-0.2, 0) is 0 Å². The van der Waals surface area contributed by atoms with Crippen molar-refractivity contribution < 1.29 is 79.0 Å². The van der Waals surface area contributed by atoms with Gasteiger partial charge in [0.2, 0.25) is 0 Å². The summed E-state index contributed by atoms with van der Waals surface area (Å²) in [5, 5.41) is 0. The molecule has 0 aromatic carbocycles. The minimum Gasteiger partial charge on any atom is -0.200 e. The first kappa shape index (κ1) is 37.2. The van der Waals surface area contributed by atoms with Crippen LogP contribution in [0.25, 0.3) is 0 Å². The zero-order chi connectivity index (χ0) is 30.8. The molecule has 0 spiro atoms. The molecule has 0 aromatic heterocycles. The van der Waals surface area contributed by atoms with Gasteiger partial charge in [0.05, 0.1) is 0 Å². The predicted octanol–water partition coefficient (Wildman–Crippen LogP) is 9.73. The van der Waals surface area contributed by atoms with Gasteiger partial charge in [-0.15, -0.1) is 0 Å². The van der Waals surface area contributed by atoms with Gasteiger partial charge < -0.3 is 0 Å². The monoisotopic (exact) mass is 636 g/mol. The Morgan fingerprint density at radius 3 is 0.763 bits per heavy atom. The Bertz CT molecular complexity index is 681. The van der Waals surface area contributed by atoms with Crippen LogP contribution in [0.3, 0.4) is 0 Å². The standard InChI is InChI=1S/C18H22F18Si2/c1-37(9-5-13(23,24)25)7-3-11(19,20)15(29,30)17(33,34)18(35,36)16(31,32)12(21,22)4-8-38(2)10-6-14(26,27)28/h3-10H2,1-2H3. The summed E-state index contributed by atoms with van der Waals surface area (Å²) in [5.74, 6) is -42.8. The molecule has 228 valence electrons. The van der Waals surface area contributed by atoms with E-state index in [0.29, 0.717) is 0 Å². The third-order valence-corrected chi connectivity index (χ3v) is 9.92. The van der Waals surface area contributed by atoms with Gasteiger partial charge in [-0.3, -0.25) is 0 Å². The van der Waals surface area contributed by atoms with Crippen molar-refractivity contribution in [2.75, 3.05) is 0 Å². The first-order chi connectivity index (χ1) is 16.5. The van der Waals surface area contributed by atoms with Crippen LogP contribution >= 0.6 is 0 Å². The molecule has 0 fully saturated rings. The minimum atomic E-state index is -7.79. The van der Waals surface area contributed by atoms with E-state index in [4.69, 9.17) is 0 Å². The van der Waals surface area contributed by atoms with Crippen molar-refractivity contribution in [1.82, 2.24) is 0 Å². The summed E-state index contributed by atoms with van der Waals surface area (Å²) in [6.07, 6.45) is -17.6. The van der Waals surface area contributed by atoms with Crippen molar-refractivity contribution in [3.05, 3.63) is 0 Å². The van der Waals surface area contributed by atoms with Crippen molar-refractivity contribution in [3.8, 4) is 0 Å². The highest BCUT2D eigenvalue weighted by Gasteiger charge is 2.89. The lowest BCUT2D eigenvalue weighted by Crippen LogP contribution is -2.70. The van der Waals surface area contributed by atoms with Crippen molar-refractivity contribution in [2.45, 2.75) is 111 Å². The number of rotatable bonds is 15. The van der Waals surface area contributed by atoms with Gasteiger partial charge in [0.1, 0.15) is 0 Å². The fraction of sp³-hybridized carbons (Fsp3) is 1.00. The molecule has 0 rings (SSSR count). The van der Waals surface area contributed by atoms with Gasteiger partial charge in [0.15, 0.2) is 0 Å². The third kappa shape index (κ3) is 8.84. The zero-order valence-electron chi connectivity index (χ0n) is 19.5. The third-order valence-electron chi connectivity index (χ3n) is 5.50. The lowest BCUT2D eigenvalue weighted by Gasteiger charge is -2.41. The van der Waals surface area contributed by atoms with Gasteiger partial charge in [0.25, 0.3) is 0 Å². The lowest BCUT2D eigenvalue weighted by atomic mass is 9.90. The molecule has 0 aliphatic carbocycles. The van der Waals surface area contributed by atoms with Gasteiger partial charge in [0, 0.05) is 43.3 Å². The first-order valence-corrected chi connectivity index (χ1v) is 15.3. The second-order valence-electron chi connectivity index (χ2n) is 8.85. The number of hydrogen-bond donors (Lipinski definition) is 0. The van der Waals surface area contributed by atoms with E-state index in [2.05, 4.69) is 0 Å². The van der Waals surface area contributed by atoms with E-state index in [1.807, 2.05) is 0 Å². The molecule has 0 unspecified atom stereocenters. The second-order valence-corrected chi connectivity index (χ2v) is 14.7. The maximum absolute atomic E-state index is 13.9. The largest absolute Gasteiger partial charge is 0.388 e. The zero-order valence-corrected chi connectivity index (χ0v) is 21.5. The molecule has 0 aliphatic heterocycles. The van der Waals surface area contributed by atoms with Crippen LogP contribution in [0.15, 0.2) is 0 Å². The van der Waals surface area contributed by atoms with Gasteiger partial charge in [-0.25, -0.2) is 0 Å². The van der Waals surface area contributed by atoms with Crippen LogP contribution in [0.2, 0.25) is 37.3 Å². The molecular weight excluding hydrogens is 614 g/mol. The summed E-state index contributed by atoms with van der Waals surface area (Å²) in [7, 11) is -5.15. The van der Waals surface area contributed by atoms with Gasteiger partial charge in [-0.05, 0) is 0 Å². The average Bonchev–Trinajstić information content (AvgIpc) is 2.71. The topological polar surface area (TPSA) is 0 Å². The molecule has 20 heteroatoms. The molecule has 0 bridgehead atoms. The van der Waals surface area contributed by atoms with Crippen LogP contribution in [-0.4, -0.2) is 65.5 Å². The Kier molecular flexibility index (Phi) is 11.7.